The van der Waals surface area contributed by atoms with Gasteiger partial charge in [0.05, 0.1) is 5.69 Å². The number of aromatic nitrogens is 6. The molecule has 0 bridgehead atoms. The molecule has 3 rings (SSSR count). The Bertz CT molecular complexity index is 731. The molecule has 0 saturated heterocycles. The third kappa shape index (κ3) is 2.85. The lowest BCUT2D eigenvalue weighted by Crippen LogP contribution is -2.07. The molecule has 100 valence electrons. The van der Waals surface area contributed by atoms with E-state index in [4.69, 9.17) is 11.6 Å². The number of anilines is 2. The van der Waals surface area contributed by atoms with E-state index in [1.54, 1.807) is 0 Å². The van der Waals surface area contributed by atoms with Gasteiger partial charge in [-0.3, -0.25) is 0 Å². The summed E-state index contributed by atoms with van der Waals surface area (Å²) in [4.78, 5) is 16.1. The number of hydrogen-bond donors (Lipinski definition) is 1. The van der Waals surface area contributed by atoms with E-state index < -0.39 is 0 Å². The van der Waals surface area contributed by atoms with Crippen LogP contribution in [0.25, 0.3) is 5.95 Å². The molecule has 2 heterocycles. The Labute approximate surface area is 132 Å². The highest BCUT2D eigenvalue weighted by Crippen LogP contribution is 2.21. The highest BCUT2D eigenvalue weighted by atomic mass is 127. The molecule has 2 aromatic heterocycles. The molecule has 1 N–H and O–H groups in total. The van der Waals surface area contributed by atoms with E-state index in [1.165, 1.54) is 17.3 Å². The molecule has 20 heavy (non-hydrogen) atoms. The van der Waals surface area contributed by atoms with Gasteiger partial charge in [0.25, 0.3) is 5.95 Å². The van der Waals surface area contributed by atoms with Crippen LogP contribution >= 0.6 is 34.2 Å². The summed E-state index contributed by atoms with van der Waals surface area (Å²) in [7, 11) is 0. The van der Waals surface area contributed by atoms with E-state index >= 15 is 0 Å². The van der Waals surface area contributed by atoms with Gasteiger partial charge < -0.3 is 5.32 Å². The lowest BCUT2D eigenvalue weighted by molar-refractivity contribution is 0.796. The van der Waals surface area contributed by atoms with Crippen molar-refractivity contribution in [1.29, 1.82) is 0 Å². The van der Waals surface area contributed by atoms with E-state index in [0.717, 1.165) is 9.26 Å². The number of nitrogens with one attached hydrogen (secondary N) is 1. The van der Waals surface area contributed by atoms with E-state index in [1.807, 2.05) is 24.3 Å². The third-order valence-electron chi connectivity index (χ3n) is 2.34. The Morgan fingerprint density at radius 3 is 2.75 bits per heavy atom. The number of para-hydroxylation sites is 1. The summed E-state index contributed by atoms with van der Waals surface area (Å²) >= 11 is 8.13. The van der Waals surface area contributed by atoms with Crippen LogP contribution in [0.15, 0.2) is 36.9 Å². The molecule has 1 aromatic carbocycles. The van der Waals surface area contributed by atoms with Gasteiger partial charge in [0, 0.05) is 3.57 Å². The highest BCUT2D eigenvalue weighted by Gasteiger charge is 2.08. The normalized spacial score (nSPS) is 10.5. The Balaban J connectivity index is 1.97. The van der Waals surface area contributed by atoms with Crippen LogP contribution in [0.3, 0.4) is 0 Å². The van der Waals surface area contributed by atoms with Crippen molar-refractivity contribution in [2.24, 2.45) is 0 Å². The number of benzene rings is 1. The predicted octanol–water partition coefficient (Wildman–Crippen LogP) is 2.45. The fourth-order valence-corrected chi connectivity index (χ4v) is 2.17. The molecule has 0 aliphatic heterocycles. The van der Waals surface area contributed by atoms with Crippen molar-refractivity contribution in [3.63, 3.8) is 0 Å². The fraction of sp³-hybridized carbons (Fsp3) is 0. The zero-order chi connectivity index (χ0) is 13.9. The second kappa shape index (κ2) is 5.67. The van der Waals surface area contributed by atoms with Crippen LogP contribution in [0.4, 0.5) is 11.6 Å². The second-order valence-corrected chi connectivity index (χ2v) is 5.17. The maximum atomic E-state index is 5.91. The smallest absolute Gasteiger partial charge is 0.258 e. The van der Waals surface area contributed by atoms with Gasteiger partial charge in [-0.25, -0.2) is 4.98 Å². The Hall–Kier alpha value is -1.81. The van der Waals surface area contributed by atoms with E-state index in [9.17, 15) is 0 Å². The van der Waals surface area contributed by atoms with Crippen molar-refractivity contribution in [2.45, 2.75) is 0 Å². The van der Waals surface area contributed by atoms with Crippen LogP contribution in [0, 0.1) is 3.57 Å². The first-order chi connectivity index (χ1) is 9.72. The van der Waals surface area contributed by atoms with Crippen molar-refractivity contribution < 1.29 is 0 Å². The maximum absolute atomic E-state index is 5.91. The highest BCUT2D eigenvalue weighted by molar-refractivity contribution is 14.1. The van der Waals surface area contributed by atoms with Gasteiger partial charge in [-0.1, -0.05) is 12.1 Å². The molecule has 0 aliphatic carbocycles. The number of halogens is 2. The molecule has 0 radical (unpaired) electrons. The first-order valence-electron chi connectivity index (χ1n) is 5.50. The summed E-state index contributed by atoms with van der Waals surface area (Å²) in [6.45, 7) is 0. The number of rotatable bonds is 3. The fourth-order valence-electron chi connectivity index (χ4n) is 1.49. The quantitative estimate of drug-likeness (QED) is 0.682. The first kappa shape index (κ1) is 13.2. The maximum Gasteiger partial charge on any atom is 0.258 e. The molecule has 7 nitrogen and oxygen atoms in total. The Morgan fingerprint density at radius 1 is 1.15 bits per heavy atom. The van der Waals surface area contributed by atoms with Crippen molar-refractivity contribution in [3.05, 3.63) is 45.8 Å². The topological polar surface area (TPSA) is 81.4 Å². The van der Waals surface area contributed by atoms with Gasteiger partial charge in [0.2, 0.25) is 11.2 Å². The summed E-state index contributed by atoms with van der Waals surface area (Å²) in [6, 6.07) is 7.78. The zero-order valence-electron chi connectivity index (χ0n) is 9.90. The molecule has 9 heteroatoms. The molecule has 0 aliphatic rings. The van der Waals surface area contributed by atoms with Gasteiger partial charge in [0.1, 0.15) is 12.7 Å². The van der Waals surface area contributed by atoms with Gasteiger partial charge in [-0.05, 0) is 46.3 Å². The SMILES string of the molecule is Clc1nc(Nc2ccccc2I)nc(-n2cncn2)n1. The second-order valence-electron chi connectivity index (χ2n) is 3.67. The van der Waals surface area contributed by atoms with Crippen molar-refractivity contribution in [3.8, 4) is 5.95 Å². The van der Waals surface area contributed by atoms with Crippen LogP contribution < -0.4 is 5.32 Å². The van der Waals surface area contributed by atoms with Crippen molar-refractivity contribution in [2.75, 3.05) is 5.32 Å². The summed E-state index contributed by atoms with van der Waals surface area (Å²) in [6.07, 6.45) is 2.88. The van der Waals surface area contributed by atoms with Gasteiger partial charge in [-0.15, -0.1) is 0 Å². The molecular weight excluding hydrogens is 393 g/mol. The van der Waals surface area contributed by atoms with Crippen molar-refractivity contribution in [1.82, 2.24) is 29.7 Å². The average Bonchev–Trinajstić information content (AvgIpc) is 2.95. The predicted molar refractivity (Wildman–Crippen MR) is 82.2 cm³/mol. The van der Waals surface area contributed by atoms with Crippen LogP contribution in [-0.4, -0.2) is 29.7 Å². The van der Waals surface area contributed by atoms with Gasteiger partial charge >= 0.3 is 0 Å². The molecule has 0 amide bonds. The molecule has 0 spiro atoms. The standard InChI is InChI=1S/C11H7ClIN7/c12-9-17-10(16-8-4-2-1-3-7(8)13)19-11(18-9)20-6-14-5-15-20/h1-6H,(H,16,17,18,19). The monoisotopic (exact) mass is 399 g/mol. The first-order valence-corrected chi connectivity index (χ1v) is 6.96. The molecular formula is C11H7ClIN7. The van der Waals surface area contributed by atoms with Crippen molar-refractivity contribution >= 4 is 45.8 Å². The summed E-state index contributed by atoms with van der Waals surface area (Å²) < 4.78 is 2.46. The zero-order valence-corrected chi connectivity index (χ0v) is 12.8. The molecule has 3 aromatic rings. The number of hydrogen-bond acceptors (Lipinski definition) is 6. The summed E-state index contributed by atoms with van der Waals surface area (Å²) in [5, 5.41) is 7.14. The largest absolute Gasteiger partial charge is 0.323 e. The molecule has 0 atom stereocenters. The molecule has 0 saturated carbocycles. The van der Waals surface area contributed by atoms with Gasteiger partial charge in [-0.2, -0.15) is 24.7 Å². The summed E-state index contributed by atoms with van der Waals surface area (Å²) in [5.41, 5.74) is 0.889. The Kier molecular flexibility index (Phi) is 3.74. The lowest BCUT2D eigenvalue weighted by Gasteiger charge is -2.07. The van der Waals surface area contributed by atoms with Crippen LogP contribution in [0.2, 0.25) is 5.28 Å². The molecule has 0 fully saturated rings. The third-order valence-corrected chi connectivity index (χ3v) is 3.45. The lowest BCUT2D eigenvalue weighted by atomic mass is 10.3. The van der Waals surface area contributed by atoms with E-state index in [-0.39, 0.29) is 5.28 Å². The van der Waals surface area contributed by atoms with Crippen LogP contribution in [0.1, 0.15) is 0 Å². The minimum Gasteiger partial charge on any atom is -0.323 e. The molecule has 0 unspecified atom stereocenters. The summed E-state index contributed by atoms with van der Waals surface area (Å²) in [5.74, 6) is 0.649. The minimum absolute atomic E-state index is 0.0824. The van der Waals surface area contributed by atoms with E-state index in [0.29, 0.717) is 11.9 Å². The van der Waals surface area contributed by atoms with Gasteiger partial charge in [0.15, 0.2) is 0 Å². The minimum atomic E-state index is 0.0824. The Morgan fingerprint density at radius 2 is 2.00 bits per heavy atom. The van der Waals surface area contributed by atoms with Crippen LogP contribution in [-0.2, 0) is 0 Å². The van der Waals surface area contributed by atoms with E-state index in [2.05, 4.69) is 52.9 Å². The van der Waals surface area contributed by atoms with Crippen LogP contribution in [0.5, 0.6) is 0 Å². The average molecular weight is 400 g/mol. The number of nitrogens with zero attached hydrogens (tertiary/aromatic N) is 6.